The number of hydrogen-bond donors (Lipinski definition) is 1. The van der Waals surface area contributed by atoms with Crippen LogP contribution in [0.5, 0.6) is 0 Å². The van der Waals surface area contributed by atoms with Crippen LogP contribution in [-0.2, 0) is 4.74 Å². The number of anilines is 1. The molecule has 0 aliphatic rings. The summed E-state index contributed by atoms with van der Waals surface area (Å²) in [5, 5.41) is 2.70. The van der Waals surface area contributed by atoms with E-state index >= 15 is 0 Å². The summed E-state index contributed by atoms with van der Waals surface area (Å²) >= 11 is 1.66. The van der Waals surface area contributed by atoms with E-state index < -0.39 is 0 Å². The van der Waals surface area contributed by atoms with Crippen LogP contribution >= 0.6 is 11.3 Å². The van der Waals surface area contributed by atoms with Crippen LogP contribution in [0.2, 0.25) is 0 Å². The van der Waals surface area contributed by atoms with Crippen LogP contribution in [0.25, 0.3) is 10.2 Å². The van der Waals surface area contributed by atoms with Gasteiger partial charge in [0.25, 0.3) is 0 Å². The Morgan fingerprint density at radius 3 is 1.97 bits per heavy atom. The molecule has 3 aromatic carbocycles. The molecule has 4 nitrogen and oxygen atoms in total. The number of thiazole rings is 1. The predicted octanol–water partition coefficient (Wildman–Crippen LogP) is 7.12. The van der Waals surface area contributed by atoms with Crippen LogP contribution in [0.4, 0.5) is 5.13 Å². The summed E-state index contributed by atoms with van der Waals surface area (Å²) in [5.74, 6) is 6.23. The molecule has 0 unspecified atom stereocenters. The topological polar surface area (TPSA) is 51.4 Å². The Morgan fingerprint density at radius 1 is 0.727 bits per heavy atom. The fraction of sp³-hybridized carbons (Fsp3) is 0.321. The molecule has 1 aromatic heterocycles. The standard InChI is InChI=1S/C28H33N3OS/c29-31(28-30-25-19-11-12-20-26(25)33-28)21-13-3-1-2-4-14-22-32-27(23-15-7-5-8-16-23)24-17-9-6-10-18-24/h5-12,15-20,27H,1-4,13-14,21-22,29H2. The zero-order valence-corrected chi connectivity index (χ0v) is 19.9. The number of fused-ring (bicyclic) bond motifs is 1. The lowest BCUT2D eigenvalue weighted by Crippen LogP contribution is -2.31. The molecule has 0 bridgehead atoms. The van der Waals surface area contributed by atoms with Crippen LogP contribution in [0.1, 0.15) is 55.8 Å². The SMILES string of the molecule is NN(CCCCCCCCOC(c1ccccc1)c1ccccc1)c1nc2ccccc2s1. The molecule has 0 saturated carbocycles. The first-order chi connectivity index (χ1) is 16.3. The van der Waals surface area contributed by atoms with E-state index in [1.54, 1.807) is 16.3 Å². The molecule has 5 heteroatoms. The van der Waals surface area contributed by atoms with E-state index in [0.717, 1.165) is 36.6 Å². The molecule has 0 spiro atoms. The van der Waals surface area contributed by atoms with E-state index in [2.05, 4.69) is 71.7 Å². The second-order valence-corrected chi connectivity index (χ2v) is 9.36. The fourth-order valence-electron chi connectivity index (χ4n) is 4.01. The van der Waals surface area contributed by atoms with E-state index in [0.29, 0.717) is 0 Å². The lowest BCUT2D eigenvalue weighted by atomic mass is 10.0. The first-order valence-corrected chi connectivity index (χ1v) is 12.7. The third-order valence-corrected chi connectivity index (χ3v) is 6.88. The number of para-hydroxylation sites is 1. The molecule has 33 heavy (non-hydrogen) atoms. The van der Waals surface area contributed by atoms with Gasteiger partial charge in [0.15, 0.2) is 0 Å². The summed E-state index contributed by atoms with van der Waals surface area (Å²) in [6.07, 6.45) is 7.03. The Hall–Kier alpha value is -2.73. The van der Waals surface area contributed by atoms with Crippen molar-refractivity contribution in [3.8, 4) is 0 Å². The average Bonchev–Trinajstić information content (AvgIpc) is 3.31. The van der Waals surface area contributed by atoms with Crippen LogP contribution in [0, 0.1) is 0 Å². The summed E-state index contributed by atoms with van der Waals surface area (Å²) in [6.45, 7) is 1.63. The third-order valence-electron chi connectivity index (χ3n) is 5.81. The van der Waals surface area contributed by atoms with Gasteiger partial charge in [-0.25, -0.2) is 10.8 Å². The summed E-state index contributed by atoms with van der Waals surface area (Å²) in [6, 6.07) is 29.2. The van der Waals surface area contributed by atoms with Crippen molar-refractivity contribution in [3.05, 3.63) is 96.1 Å². The van der Waals surface area contributed by atoms with Crippen molar-refractivity contribution in [3.63, 3.8) is 0 Å². The molecule has 0 aliphatic carbocycles. The number of benzene rings is 3. The van der Waals surface area contributed by atoms with E-state index in [1.165, 1.54) is 41.5 Å². The Bertz CT molecular complexity index is 1010. The van der Waals surface area contributed by atoms with E-state index in [-0.39, 0.29) is 6.10 Å². The second kappa shape index (κ2) is 12.5. The predicted molar refractivity (Wildman–Crippen MR) is 140 cm³/mol. The van der Waals surface area contributed by atoms with Crippen LogP contribution in [0.3, 0.4) is 0 Å². The maximum absolute atomic E-state index is 6.32. The number of hydrogen-bond acceptors (Lipinski definition) is 5. The maximum Gasteiger partial charge on any atom is 0.200 e. The highest BCUT2D eigenvalue weighted by atomic mass is 32.1. The minimum atomic E-state index is 0.00504. The second-order valence-electron chi connectivity index (χ2n) is 8.35. The van der Waals surface area contributed by atoms with Gasteiger partial charge in [-0.3, -0.25) is 5.01 Å². The summed E-state index contributed by atoms with van der Waals surface area (Å²) < 4.78 is 7.51. The number of nitrogens with two attached hydrogens (primary N) is 1. The van der Waals surface area contributed by atoms with Crippen molar-refractivity contribution < 1.29 is 4.74 Å². The highest BCUT2D eigenvalue weighted by molar-refractivity contribution is 7.22. The van der Waals surface area contributed by atoms with E-state index in [1.807, 2.05) is 18.2 Å². The van der Waals surface area contributed by atoms with Crippen molar-refractivity contribution >= 4 is 26.7 Å². The molecule has 0 fully saturated rings. The van der Waals surface area contributed by atoms with Gasteiger partial charge in [0.2, 0.25) is 5.13 Å². The van der Waals surface area contributed by atoms with Gasteiger partial charge in [-0.05, 0) is 36.1 Å². The molecule has 2 N–H and O–H groups in total. The Labute approximate surface area is 201 Å². The van der Waals surface area contributed by atoms with Gasteiger partial charge >= 0.3 is 0 Å². The molecule has 1 heterocycles. The number of ether oxygens (including phenoxy) is 1. The molecule has 0 aliphatic heterocycles. The van der Waals surface area contributed by atoms with Crippen molar-refractivity contribution in [1.82, 2.24) is 4.98 Å². The Kier molecular flexibility index (Phi) is 8.87. The lowest BCUT2D eigenvalue weighted by molar-refractivity contribution is 0.0768. The van der Waals surface area contributed by atoms with Gasteiger partial charge in [0, 0.05) is 13.2 Å². The van der Waals surface area contributed by atoms with E-state index in [9.17, 15) is 0 Å². The highest BCUT2D eigenvalue weighted by Gasteiger charge is 2.14. The molecule has 4 aromatic rings. The highest BCUT2D eigenvalue weighted by Crippen LogP contribution is 2.28. The third kappa shape index (κ3) is 6.87. The first kappa shape index (κ1) is 23.4. The van der Waals surface area contributed by atoms with Crippen molar-refractivity contribution in [2.45, 2.75) is 44.6 Å². The minimum Gasteiger partial charge on any atom is -0.369 e. The average molecular weight is 460 g/mol. The Morgan fingerprint density at radius 2 is 1.30 bits per heavy atom. The number of unbranched alkanes of at least 4 members (excludes halogenated alkanes) is 5. The smallest absolute Gasteiger partial charge is 0.200 e. The molecule has 172 valence electrons. The van der Waals surface area contributed by atoms with Gasteiger partial charge in [0.05, 0.1) is 10.2 Å². The number of hydrazine groups is 1. The van der Waals surface area contributed by atoms with Crippen LogP contribution in [0.15, 0.2) is 84.9 Å². The maximum atomic E-state index is 6.32. The van der Waals surface area contributed by atoms with E-state index in [4.69, 9.17) is 10.6 Å². The lowest BCUT2D eigenvalue weighted by Gasteiger charge is -2.19. The van der Waals surface area contributed by atoms with Gasteiger partial charge in [0.1, 0.15) is 6.10 Å². The molecule has 4 rings (SSSR count). The van der Waals surface area contributed by atoms with Gasteiger partial charge < -0.3 is 4.74 Å². The molecule has 0 radical (unpaired) electrons. The minimum absolute atomic E-state index is 0.00504. The summed E-state index contributed by atoms with van der Waals surface area (Å²) in [7, 11) is 0. The molecule has 0 saturated heterocycles. The zero-order chi connectivity index (χ0) is 22.7. The zero-order valence-electron chi connectivity index (χ0n) is 19.1. The fourth-order valence-corrected chi connectivity index (χ4v) is 4.93. The monoisotopic (exact) mass is 459 g/mol. The van der Waals surface area contributed by atoms with Crippen molar-refractivity contribution in [1.29, 1.82) is 0 Å². The number of rotatable bonds is 13. The number of nitrogens with zero attached hydrogens (tertiary/aromatic N) is 2. The quantitative estimate of drug-likeness (QED) is 0.131. The molecule has 0 atom stereocenters. The molecular formula is C28H33N3OS. The van der Waals surface area contributed by atoms with Crippen molar-refractivity contribution in [2.75, 3.05) is 18.2 Å². The normalized spacial score (nSPS) is 11.3. The number of aromatic nitrogens is 1. The van der Waals surface area contributed by atoms with Gasteiger partial charge in [-0.2, -0.15) is 0 Å². The first-order valence-electron chi connectivity index (χ1n) is 11.9. The van der Waals surface area contributed by atoms with Gasteiger partial charge in [-0.1, -0.05) is 110 Å². The van der Waals surface area contributed by atoms with Crippen molar-refractivity contribution in [2.24, 2.45) is 5.84 Å². The summed E-state index contributed by atoms with van der Waals surface area (Å²) in [5.41, 5.74) is 3.45. The van der Waals surface area contributed by atoms with Crippen LogP contribution < -0.4 is 10.9 Å². The largest absolute Gasteiger partial charge is 0.369 e. The summed E-state index contributed by atoms with van der Waals surface area (Å²) in [4.78, 5) is 4.62. The van der Waals surface area contributed by atoms with Gasteiger partial charge in [-0.15, -0.1) is 0 Å². The van der Waals surface area contributed by atoms with Crippen LogP contribution in [-0.4, -0.2) is 18.1 Å². The molecule has 0 amide bonds. The Balaban J connectivity index is 1.11. The molecular weight excluding hydrogens is 426 g/mol.